The molecule has 0 amide bonds. The number of anilines is 1. The summed E-state index contributed by atoms with van der Waals surface area (Å²) >= 11 is 0. The highest BCUT2D eigenvalue weighted by molar-refractivity contribution is 5.53. The molecule has 0 bridgehead atoms. The molecule has 1 nitrogen and oxygen atoms in total. The second-order valence-electron chi connectivity index (χ2n) is 4.07. The van der Waals surface area contributed by atoms with E-state index in [1.807, 2.05) is 0 Å². The van der Waals surface area contributed by atoms with Crippen molar-refractivity contribution in [2.45, 2.75) is 32.7 Å². The van der Waals surface area contributed by atoms with Gasteiger partial charge in [0.2, 0.25) is 0 Å². The fourth-order valence-corrected chi connectivity index (χ4v) is 1.84. The number of aryl methyl sites for hydroxylation is 2. The van der Waals surface area contributed by atoms with Crippen LogP contribution in [-0.4, -0.2) is 6.04 Å². The average Bonchev–Trinajstić information content (AvgIpc) is 2.64. The van der Waals surface area contributed by atoms with Gasteiger partial charge in [-0.15, -0.1) is 0 Å². The molecule has 74 valence electrons. The van der Waals surface area contributed by atoms with Crippen LogP contribution in [0.25, 0.3) is 0 Å². The van der Waals surface area contributed by atoms with Gasteiger partial charge in [-0.05, 0) is 43.9 Å². The zero-order valence-electron chi connectivity index (χ0n) is 8.88. The van der Waals surface area contributed by atoms with Gasteiger partial charge in [0, 0.05) is 11.7 Å². The number of hydrogen-bond donors (Lipinski definition) is 1. The maximum atomic E-state index is 3.56. The summed E-state index contributed by atoms with van der Waals surface area (Å²) in [6.45, 7) is 4.29. The predicted octanol–water partition coefficient (Wildman–Crippen LogP) is 3.43. The molecule has 14 heavy (non-hydrogen) atoms. The van der Waals surface area contributed by atoms with E-state index in [9.17, 15) is 0 Å². The highest BCUT2D eigenvalue weighted by atomic mass is 14.9. The lowest BCUT2D eigenvalue weighted by Gasteiger charge is -2.15. The zero-order chi connectivity index (χ0) is 9.97. The van der Waals surface area contributed by atoms with Gasteiger partial charge in [-0.1, -0.05) is 24.3 Å². The molecule has 1 aliphatic rings. The maximum Gasteiger partial charge on any atom is 0.0447 e. The molecule has 0 heterocycles. The van der Waals surface area contributed by atoms with Gasteiger partial charge in [-0.2, -0.15) is 0 Å². The summed E-state index contributed by atoms with van der Waals surface area (Å²) in [7, 11) is 0. The van der Waals surface area contributed by atoms with Crippen LogP contribution in [-0.2, 0) is 0 Å². The molecule has 1 aromatic carbocycles. The third kappa shape index (κ3) is 1.98. The van der Waals surface area contributed by atoms with Gasteiger partial charge >= 0.3 is 0 Å². The summed E-state index contributed by atoms with van der Waals surface area (Å²) in [6.07, 6.45) is 6.96. The van der Waals surface area contributed by atoms with E-state index < -0.39 is 0 Å². The van der Waals surface area contributed by atoms with Crippen molar-refractivity contribution < 1.29 is 0 Å². The summed E-state index contributed by atoms with van der Waals surface area (Å²) in [4.78, 5) is 0. The first-order chi connectivity index (χ1) is 6.75. The third-order valence-electron chi connectivity index (χ3n) is 2.75. The molecule has 0 saturated carbocycles. The minimum Gasteiger partial charge on any atom is -0.379 e. The van der Waals surface area contributed by atoms with Crippen molar-refractivity contribution in [3.8, 4) is 0 Å². The molecule has 1 unspecified atom stereocenters. The Balaban J connectivity index is 2.15. The minimum absolute atomic E-state index is 0.537. The number of nitrogens with one attached hydrogen (secondary N) is 1. The van der Waals surface area contributed by atoms with Crippen molar-refractivity contribution in [2.24, 2.45) is 0 Å². The molecule has 1 aromatic rings. The number of rotatable bonds is 2. The predicted molar refractivity (Wildman–Crippen MR) is 61.7 cm³/mol. The van der Waals surface area contributed by atoms with Gasteiger partial charge < -0.3 is 5.32 Å². The highest BCUT2D eigenvalue weighted by Crippen LogP contribution is 2.20. The standard InChI is InChI=1S/C13H17N/c1-10-7-8-11(2)13(9-10)14-12-5-3-4-6-12/h3,5,7-9,12,14H,4,6H2,1-2H3. The largest absolute Gasteiger partial charge is 0.379 e. The van der Waals surface area contributed by atoms with Crippen LogP contribution in [0.2, 0.25) is 0 Å². The minimum atomic E-state index is 0.537. The molecule has 0 aliphatic heterocycles. The Bertz CT molecular complexity index is 352. The molecule has 1 atom stereocenters. The smallest absolute Gasteiger partial charge is 0.0447 e. The first-order valence-electron chi connectivity index (χ1n) is 5.26. The second-order valence-corrected chi connectivity index (χ2v) is 4.07. The van der Waals surface area contributed by atoms with E-state index in [-0.39, 0.29) is 0 Å². The summed E-state index contributed by atoms with van der Waals surface area (Å²) < 4.78 is 0. The average molecular weight is 187 g/mol. The van der Waals surface area contributed by atoms with Crippen LogP contribution in [0.4, 0.5) is 5.69 Å². The molecule has 1 heteroatoms. The van der Waals surface area contributed by atoms with Gasteiger partial charge in [0.1, 0.15) is 0 Å². The summed E-state index contributed by atoms with van der Waals surface area (Å²) in [5.41, 5.74) is 3.93. The topological polar surface area (TPSA) is 12.0 Å². The normalized spacial score (nSPS) is 20.0. The van der Waals surface area contributed by atoms with E-state index >= 15 is 0 Å². The molecular weight excluding hydrogens is 170 g/mol. The van der Waals surface area contributed by atoms with Crippen LogP contribution in [0.3, 0.4) is 0 Å². The SMILES string of the molecule is Cc1ccc(C)c(NC2C=CCC2)c1. The lowest BCUT2D eigenvalue weighted by atomic mass is 10.1. The van der Waals surface area contributed by atoms with Crippen molar-refractivity contribution in [3.63, 3.8) is 0 Å². The van der Waals surface area contributed by atoms with Crippen molar-refractivity contribution in [1.82, 2.24) is 0 Å². The Labute approximate surface area is 85.8 Å². The Morgan fingerprint density at radius 3 is 2.86 bits per heavy atom. The molecule has 2 rings (SSSR count). The zero-order valence-corrected chi connectivity index (χ0v) is 8.88. The number of allylic oxidation sites excluding steroid dienone is 1. The van der Waals surface area contributed by atoms with Crippen molar-refractivity contribution in [2.75, 3.05) is 5.32 Å². The Morgan fingerprint density at radius 2 is 2.14 bits per heavy atom. The molecular formula is C13H17N. The van der Waals surface area contributed by atoms with Gasteiger partial charge in [0.05, 0.1) is 0 Å². The van der Waals surface area contributed by atoms with Crippen molar-refractivity contribution in [3.05, 3.63) is 41.5 Å². The first-order valence-corrected chi connectivity index (χ1v) is 5.26. The molecule has 1 aliphatic carbocycles. The van der Waals surface area contributed by atoms with E-state index in [0.717, 1.165) is 0 Å². The van der Waals surface area contributed by atoms with Crippen LogP contribution in [0.5, 0.6) is 0 Å². The molecule has 0 aromatic heterocycles. The van der Waals surface area contributed by atoms with Crippen molar-refractivity contribution in [1.29, 1.82) is 0 Å². The highest BCUT2D eigenvalue weighted by Gasteiger charge is 2.09. The molecule has 1 N–H and O–H groups in total. The second kappa shape index (κ2) is 3.87. The molecule has 0 radical (unpaired) electrons. The van der Waals surface area contributed by atoms with Gasteiger partial charge in [-0.25, -0.2) is 0 Å². The Hall–Kier alpha value is -1.24. The third-order valence-corrected chi connectivity index (χ3v) is 2.75. The number of benzene rings is 1. The van der Waals surface area contributed by atoms with Crippen LogP contribution in [0.1, 0.15) is 24.0 Å². The lowest BCUT2D eigenvalue weighted by Crippen LogP contribution is -2.14. The van der Waals surface area contributed by atoms with Crippen LogP contribution in [0.15, 0.2) is 30.4 Å². The quantitative estimate of drug-likeness (QED) is 0.699. The van der Waals surface area contributed by atoms with E-state index in [1.54, 1.807) is 0 Å². The first kappa shape index (κ1) is 9.32. The summed E-state index contributed by atoms with van der Waals surface area (Å²) in [5.74, 6) is 0. The molecule has 0 spiro atoms. The van der Waals surface area contributed by atoms with Crippen LogP contribution < -0.4 is 5.32 Å². The maximum absolute atomic E-state index is 3.56. The Kier molecular flexibility index (Phi) is 2.58. The van der Waals surface area contributed by atoms with E-state index in [1.165, 1.54) is 29.7 Å². The van der Waals surface area contributed by atoms with E-state index in [0.29, 0.717) is 6.04 Å². The summed E-state index contributed by atoms with van der Waals surface area (Å²) in [5, 5.41) is 3.56. The van der Waals surface area contributed by atoms with Crippen molar-refractivity contribution >= 4 is 5.69 Å². The van der Waals surface area contributed by atoms with Gasteiger partial charge in [-0.3, -0.25) is 0 Å². The van der Waals surface area contributed by atoms with Gasteiger partial charge in [0.25, 0.3) is 0 Å². The molecule has 0 saturated heterocycles. The monoisotopic (exact) mass is 187 g/mol. The fraction of sp³-hybridized carbons (Fsp3) is 0.385. The number of hydrogen-bond acceptors (Lipinski definition) is 1. The van der Waals surface area contributed by atoms with E-state index in [2.05, 4.69) is 49.5 Å². The lowest BCUT2D eigenvalue weighted by molar-refractivity contribution is 0.825. The van der Waals surface area contributed by atoms with E-state index in [4.69, 9.17) is 0 Å². The molecule has 0 fully saturated rings. The Morgan fingerprint density at radius 1 is 1.29 bits per heavy atom. The van der Waals surface area contributed by atoms with Gasteiger partial charge in [0.15, 0.2) is 0 Å². The fourth-order valence-electron chi connectivity index (χ4n) is 1.84. The van der Waals surface area contributed by atoms with Crippen LogP contribution >= 0.6 is 0 Å². The summed E-state index contributed by atoms with van der Waals surface area (Å²) in [6, 6.07) is 7.10. The van der Waals surface area contributed by atoms with Crippen LogP contribution in [0, 0.1) is 13.8 Å².